The van der Waals surface area contributed by atoms with E-state index in [0.717, 1.165) is 11.3 Å². The van der Waals surface area contributed by atoms with Crippen molar-refractivity contribution in [3.63, 3.8) is 0 Å². The lowest BCUT2D eigenvalue weighted by Gasteiger charge is -2.33. The predicted molar refractivity (Wildman–Crippen MR) is 101 cm³/mol. The van der Waals surface area contributed by atoms with Crippen LogP contribution in [0.25, 0.3) is 11.4 Å². The van der Waals surface area contributed by atoms with Crippen molar-refractivity contribution in [2.24, 2.45) is 7.05 Å². The molecule has 1 aromatic carbocycles. The van der Waals surface area contributed by atoms with E-state index >= 15 is 4.39 Å². The minimum absolute atomic E-state index is 0.286. The number of amides is 1. The van der Waals surface area contributed by atoms with Crippen molar-refractivity contribution in [3.05, 3.63) is 71.0 Å². The van der Waals surface area contributed by atoms with Gasteiger partial charge in [0.15, 0.2) is 6.17 Å². The second-order valence-corrected chi connectivity index (χ2v) is 6.97. The van der Waals surface area contributed by atoms with E-state index in [2.05, 4.69) is 15.4 Å². The van der Waals surface area contributed by atoms with Crippen LogP contribution in [-0.4, -0.2) is 20.7 Å². The van der Waals surface area contributed by atoms with Crippen molar-refractivity contribution in [2.75, 3.05) is 0 Å². The number of pyridine rings is 1. The molecule has 0 spiro atoms. The molecule has 2 atom stereocenters. The number of hydrogen-bond donors (Lipinski definition) is 1. The largest absolute Gasteiger partial charge is 0.339 e. The van der Waals surface area contributed by atoms with Gasteiger partial charge in [0.05, 0.1) is 23.1 Å². The average Bonchev–Trinajstić information content (AvgIpc) is 3.18. The number of carbonyl (C=O) groups is 1. The van der Waals surface area contributed by atoms with Crippen molar-refractivity contribution in [1.82, 2.24) is 20.1 Å². The molecule has 0 radical (unpaired) electrons. The summed E-state index contributed by atoms with van der Waals surface area (Å²) in [5.41, 5.74) is 3.03. The third-order valence-electron chi connectivity index (χ3n) is 5.41. The molecule has 0 saturated heterocycles. The highest BCUT2D eigenvalue weighted by Gasteiger charge is 2.49. The van der Waals surface area contributed by atoms with Gasteiger partial charge in [0.2, 0.25) is 0 Å². The number of aryl methyl sites for hydroxylation is 2. The van der Waals surface area contributed by atoms with Crippen LogP contribution in [-0.2, 0) is 12.6 Å². The van der Waals surface area contributed by atoms with E-state index in [1.165, 1.54) is 0 Å². The van der Waals surface area contributed by atoms with Gasteiger partial charge in [0.25, 0.3) is 5.91 Å². The van der Waals surface area contributed by atoms with Crippen LogP contribution in [0.3, 0.4) is 0 Å². The number of nitrogens with one attached hydrogen (secondary N) is 1. The van der Waals surface area contributed by atoms with E-state index in [1.807, 2.05) is 33.0 Å². The van der Waals surface area contributed by atoms with Gasteiger partial charge in [0.1, 0.15) is 5.54 Å². The Balaban J connectivity index is 1.89. The minimum atomic E-state index is -1.36. The van der Waals surface area contributed by atoms with Crippen molar-refractivity contribution < 1.29 is 9.18 Å². The van der Waals surface area contributed by atoms with Gasteiger partial charge in [-0.15, -0.1) is 0 Å². The van der Waals surface area contributed by atoms with Crippen molar-refractivity contribution >= 4 is 5.91 Å². The van der Waals surface area contributed by atoms with E-state index in [1.54, 1.807) is 41.3 Å². The number of hydrogen-bond acceptors (Lipinski definition) is 3. The molecule has 0 saturated carbocycles. The molecule has 5 nitrogen and oxygen atoms in total. The second-order valence-electron chi connectivity index (χ2n) is 6.97. The molecule has 1 aliphatic heterocycles. The van der Waals surface area contributed by atoms with Crippen LogP contribution < -0.4 is 5.32 Å². The molecule has 4 rings (SSSR count). The SMILES string of the molecule is CCC1(C(F)c2ccccc2)NC(=O)c2cnc(-c3c(C)cnn3C)cc21. The zero-order valence-corrected chi connectivity index (χ0v) is 15.5. The molecule has 2 aromatic heterocycles. The lowest BCUT2D eigenvalue weighted by Crippen LogP contribution is -2.42. The Kier molecular flexibility index (Phi) is 4.06. The molecule has 6 heteroatoms. The van der Waals surface area contributed by atoms with Crippen molar-refractivity contribution in [3.8, 4) is 11.4 Å². The van der Waals surface area contributed by atoms with Gasteiger partial charge in [-0.25, -0.2) is 4.39 Å². The quantitative estimate of drug-likeness (QED) is 0.765. The number of nitrogens with zero attached hydrogens (tertiary/aromatic N) is 3. The lowest BCUT2D eigenvalue weighted by molar-refractivity contribution is 0.0848. The third-order valence-corrected chi connectivity index (χ3v) is 5.41. The molecule has 0 fully saturated rings. The Morgan fingerprint density at radius 3 is 2.63 bits per heavy atom. The summed E-state index contributed by atoms with van der Waals surface area (Å²) < 4.78 is 17.5. The maximum absolute atomic E-state index is 15.7. The molecular formula is C21H21FN4O. The highest BCUT2D eigenvalue weighted by molar-refractivity contribution is 6.00. The van der Waals surface area contributed by atoms with Gasteiger partial charge in [-0.05, 0) is 36.1 Å². The summed E-state index contributed by atoms with van der Waals surface area (Å²) >= 11 is 0. The molecule has 3 aromatic rings. The topological polar surface area (TPSA) is 59.8 Å². The Morgan fingerprint density at radius 2 is 2.00 bits per heavy atom. The summed E-state index contributed by atoms with van der Waals surface area (Å²) in [6.07, 6.45) is 2.37. The summed E-state index contributed by atoms with van der Waals surface area (Å²) in [6.45, 7) is 3.84. The molecule has 1 aliphatic rings. The van der Waals surface area contributed by atoms with E-state index < -0.39 is 11.7 Å². The minimum Gasteiger partial charge on any atom is -0.339 e. The summed E-state index contributed by atoms with van der Waals surface area (Å²) in [6, 6.07) is 10.8. The molecular weight excluding hydrogens is 343 g/mol. The van der Waals surface area contributed by atoms with Gasteiger partial charge >= 0.3 is 0 Å². The molecule has 0 bridgehead atoms. The average molecular weight is 364 g/mol. The maximum Gasteiger partial charge on any atom is 0.254 e. The van der Waals surface area contributed by atoms with Gasteiger partial charge in [-0.2, -0.15) is 5.10 Å². The van der Waals surface area contributed by atoms with E-state index in [9.17, 15) is 4.79 Å². The van der Waals surface area contributed by atoms with Crippen LogP contribution in [0, 0.1) is 6.92 Å². The lowest BCUT2D eigenvalue weighted by atomic mass is 9.81. The van der Waals surface area contributed by atoms with Crippen molar-refractivity contribution in [1.29, 1.82) is 0 Å². The number of aromatic nitrogens is 3. The maximum atomic E-state index is 15.7. The monoisotopic (exact) mass is 364 g/mol. The van der Waals surface area contributed by atoms with Gasteiger partial charge < -0.3 is 5.32 Å². The Morgan fingerprint density at radius 1 is 1.26 bits per heavy atom. The fourth-order valence-corrected chi connectivity index (χ4v) is 3.95. The number of alkyl halides is 1. The summed E-state index contributed by atoms with van der Waals surface area (Å²) in [5.74, 6) is -0.286. The van der Waals surface area contributed by atoms with Crippen LogP contribution >= 0.6 is 0 Å². The highest BCUT2D eigenvalue weighted by Crippen LogP contribution is 2.46. The first-order chi connectivity index (χ1) is 13.0. The zero-order chi connectivity index (χ0) is 19.2. The molecule has 1 N–H and O–H groups in total. The van der Waals surface area contributed by atoms with E-state index in [4.69, 9.17) is 0 Å². The standard InChI is InChI=1S/C21H21FN4O/c1-4-21(19(22)14-8-6-5-7-9-14)16-10-17(18-13(2)11-24-26(18)3)23-12-15(16)20(27)25-21/h5-12,19H,4H2,1-3H3,(H,25,27). The first-order valence-corrected chi connectivity index (χ1v) is 8.99. The Hall–Kier alpha value is -3.02. The number of rotatable bonds is 4. The van der Waals surface area contributed by atoms with Crippen LogP contribution in [0.4, 0.5) is 4.39 Å². The fourth-order valence-electron chi connectivity index (χ4n) is 3.95. The van der Waals surface area contributed by atoms with Gasteiger partial charge in [0, 0.05) is 13.2 Å². The van der Waals surface area contributed by atoms with E-state index in [-0.39, 0.29) is 5.91 Å². The van der Waals surface area contributed by atoms with Crippen LogP contribution in [0.2, 0.25) is 0 Å². The van der Waals surface area contributed by atoms with Crippen LogP contribution in [0.1, 0.15) is 46.6 Å². The molecule has 0 aliphatic carbocycles. The number of fused-ring (bicyclic) bond motifs is 1. The normalized spacial score (nSPS) is 19.6. The van der Waals surface area contributed by atoms with Crippen LogP contribution in [0.15, 0.2) is 48.8 Å². The molecule has 2 unspecified atom stereocenters. The van der Waals surface area contributed by atoms with Crippen molar-refractivity contribution in [2.45, 2.75) is 32.0 Å². The third kappa shape index (κ3) is 2.55. The second kappa shape index (κ2) is 6.30. The fraction of sp³-hybridized carbons (Fsp3) is 0.286. The number of benzene rings is 1. The Bertz CT molecular complexity index is 995. The first kappa shape index (κ1) is 17.4. The summed E-state index contributed by atoms with van der Waals surface area (Å²) in [5, 5.41) is 7.17. The molecule has 27 heavy (non-hydrogen) atoms. The number of carbonyl (C=O) groups excluding carboxylic acids is 1. The zero-order valence-electron chi connectivity index (χ0n) is 15.5. The molecule has 3 heterocycles. The van der Waals surface area contributed by atoms with E-state index in [0.29, 0.717) is 28.8 Å². The van der Waals surface area contributed by atoms with Gasteiger partial charge in [-0.3, -0.25) is 14.5 Å². The summed E-state index contributed by atoms with van der Waals surface area (Å²) in [4.78, 5) is 17.0. The highest BCUT2D eigenvalue weighted by atomic mass is 19.1. The van der Waals surface area contributed by atoms with Gasteiger partial charge in [-0.1, -0.05) is 37.3 Å². The number of halogens is 1. The Labute approximate surface area is 157 Å². The summed E-state index contributed by atoms with van der Waals surface area (Å²) in [7, 11) is 1.84. The predicted octanol–water partition coefficient (Wildman–Crippen LogP) is 3.85. The molecule has 1 amide bonds. The smallest absolute Gasteiger partial charge is 0.254 e. The molecule has 138 valence electrons. The first-order valence-electron chi connectivity index (χ1n) is 8.99. The van der Waals surface area contributed by atoms with Crippen LogP contribution in [0.5, 0.6) is 0 Å².